The molecule has 2 aliphatic rings. The summed E-state index contributed by atoms with van der Waals surface area (Å²) in [5.41, 5.74) is -0.550. The first kappa shape index (κ1) is 21.6. The topological polar surface area (TPSA) is 110 Å². The molecule has 1 atom stereocenters. The van der Waals surface area contributed by atoms with Crippen LogP contribution < -0.4 is 4.74 Å². The molecule has 30 heavy (non-hydrogen) atoms. The number of benzene rings is 1. The lowest BCUT2D eigenvalue weighted by Gasteiger charge is -2.34. The Kier molecular flexibility index (Phi) is 6.01. The highest BCUT2D eigenvalue weighted by molar-refractivity contribution is 6.09. The summed E-state index contributed by atoms with van der Waals surface area (Å²) in [6.45, 7) is 3.95. The van der Waals surface area contributed by atoms with E-state index in [1.54, 1.807) is 0 Å². The van der Waals surface area contributed by atoms with Crippen LogP contribution >= 0.6 is 0 Å². The van der Waals surface area contributed by atoms with Crippen LogP contribution in [-0.2, 0) is 26.2 Å². The number of carboxylic acid groups (broad SMARTS) is 1. The van der Waals surface area contributed by atoms with Crippen molar-refractivity contribution in [2.45, 2.75) is 57.8 Å². The number of hydrogen-bond donors (Lipinski definition) is 2. The number of rotatable bonds is 8. The molecule has 0 amide bonds. The summed E-state index contributed by atoms with van der Waals surface area (Å²) in [6.07, 6.45) is 6.54. The van der Waals surface area contributed by atoms with E-state index in [4.69, 9.17) is 9.47 Å². The summed E-state index contributed by atoms with van der Waals surface area (Å²) >= 11 is 0. The average molecular weight is 414 g/mol. The maximum Gasteiger partial charge on any atom is 0.339 e. The fourth-order valence-corrected chi connectivity index (χ4v) is 4.48. The highest BCUT2D eigenvalue weighted by Gasteiger charge is 2.58. The van der Waals surface area contributed by atoms with Crippen molar-refractivity contribution in [1.82, 2.24) is 0 Å². The van der Waals surface area contributed by atoms with Gasteiger partial charge in [-0.25, -0.2) is 9.59 Å². The van der Waals surface area contributed by atoms with Gasteiger partial charge in [-0.1, -0.05) is 33.1 Å². The van der Waals surface area contributed by atoms with Crippen molar-refractivity contribution in [3.63, 3.8) is 0 Å². The zero-order chi connectivity index (χ0) is 22.1. The van der Waals surface area contributed by atoms with Gasteiger partial charge in [-0.05, 0) is 36.5 Å². The Labute approximate surface area is 175 Å². The fraction of sp³-hybridized carbons (Fsp3) is 0.435. The molecule has 3 rings (SSSR count). The number of hydrogen-bond acceptors (Lipinski definition) is 6. The number of allylic oxidation sites excluding steroid dienone is 2. The fourth-order valence-electron chi connectivity index (χ4n) is 4.48. The van der Waals surface area contributed by atoms with Crippen LogP contribution in [0.4, 0.5) is 0 Å². The predicted octanol–water partition coefficient (Wildman–Crippen LogP) is 3.82. The van der Waals surface area contributed by atoms with E-state index in [1.165, 1.54) is 25.3 Å². The molecule has 0 saturated carbocycles. The van der Waals surface area contributed by atoms with Gasteiger partial charge in [-0.2, -0.15) is 0 Å². The van der Waals surface area contributed by atoms with Gasteiger partial charge in [0.1, 0.15) is 22.8 Å². The van der Waals surface area contributed by atoms with E-state index in [0.717, 1.165) is 12.8 Å². The number of ketones is 1. The van der Waals surface area contributed by atoms with Crippen molar-refractivity contribution < 1.29 is 34.1 Å². The summed E-state index contributed by atoms with van der Waals surface area (Å²) in [5, 5.41) is 20.2. The zero-order valence-electron chi connectivity index (χ0n) is 17.4. The maximum atomic E-state index is 13.3. The van der Waals surface area contributed by atoms with E-state index in [2.05, 4.69) is 0 Å². The highest BCUT2D eigenvalue weighted by Crippen LogP contribution is 2.55. The van der Waals surface area contributed by atoms with Crippen molar-refractivity contribution >= 4 is 17.7 Å². The predicted molar refractivity (Wildman–Crippen MR) is 109 cm³/mol. The summed E-state index contributed by atoms with van der Waals surface area (Å²) in [5.74, 6) is -2.47. The zero-order valence-corrected chi connectivity index (χ0v) is 17.4. The Bertz CT molecular complexity index is 970. The lowest BCUT2D eigenvalue weighted by Crippen LogP contribution is -2.42. The number of methoxy groups -OCH3 is 1. The van der Waals surface area contributed by atoms with E-state index >= 15 is 0 Å². The van der Waals surface area contributed by atoms with Crippen LogP contribution in [-0.4, -0.2) is 35.0 Å². The first-order valence-electron chi connectivity index (χ1n) is 10.2. The van der Waals surface area contributed by atoms with Crippen LogP contribution in [0.3, 0.4) is 0 Å². The van der Waals surface area contributed by atoms with Gasteiger partial charge < -0.3 is 19.7 Å². The Balaban J connectivity index is 2.38. The molecule has 0 aromatic heterocycles. The van der Waals surface area contributed by atoms with Gasteiger partial charge in [0, 0.05) is 17.7 Å². The van der Waals surface area contributed by atoms with E-state index < -0.39 is 23.1 Å². The Hall–Kier alpha value is -3.09. The number of aromatic carboxylic acids is 1. The first-order valence-corrected chi connectivity index (χ1v) is 10.2. The molecular formula is C23H26O7. The monoisotopic (exact) mass is 414 g/mol. The quantitative estimate of drug-likeness (QED) is 0.378. The number of ether oxygens (including phenoxy) is 2. The molecule has 160 valence electrons. The molecule has 1 aromatic rings. The molecule has 7 heteroatoms. The molecule has 0 fully saturated rings. The lowest BCUT2D eigenvalue weighted by atomic mass is 9.67. The van der Waals surface area contributed by atoms with Crippen molar-refractivity contribution in [2.75, 3.05) is 7.11 Å². The number of fused-ring (bicyclic) bond motifs is 2. The van der Waals surface area contributed by atoms with E-state index in [0.29, 0.717) is 42.4 Å². The molecule has 0 saturated heterocycles. The number of aromatic hydroxyl groups is 1. The van der Waals surface area contributed by atoms with Crippen molar-refractivity contribution in [3.05, 3.63) is 46.2 Å². The summed E-state index contributed by atoms with van der Waals surface area (Å²) in [6, 6.07) is 1.17. The molecule has 1 aromatic carbocycles. The molecule has 1 aliphatic heterocycles. The van der Waals surface area contributed by atoms with Gasteiger partial charge in [-0.15, -0.1) is 0 Å². The van der Waals surface area contributed by atoms with Gasteiger partial charge in [0.15, 0.2) is 11.2 Å². The molecule has 0 bridgehead atoms. The van der Waals surface area contributed by atoms with E-state index in [-0.39, 0.29) is 22.9 Å². The third-order valence-corrected chi connectivity index (χ3v) is 5.68. The van der Waals surface area contributed by atoms with Gasteiger partial charge in [0.25, 0.3) is 0 Å². The highest BCUT2D eigenvalue weighted by atomic mass is 16.5. The van der Waals surface area contributed by atoms with Gasteiger partial charge in [0.2, 0.25) is 0 Å². The number of phenols is 1. The van der Waals surface area contributed by atoms with Gasteiger partial charge >= 0.3 is 11.9 Å². The number of carbonyl (C=O) groups excluding carboxylic acids is 2. The standard InChI is InChI=1S/C23H26O7/c1-4-6-7-9-15-19(21(26)27)16(25)12-17-20(15)23(22(28)30-17)13(8-5-2)10-14(24)11-18(23)29-3/h10-12,25H,4-9H2,1-3H3,(H,26,27). The summed E-state index contributed by atoms with van der Waals surface area (Å²) in [7, 11) is 1.37. The second kappa shape index (κ2) is 8.34. The van der Waals surface area contributed by atoms with Crippen LogP contribution in [0.2, 0.25) is 0 Å². The largest absolute Gasteiger partial charge is 0.507 e. The minimum atomic E-state index is -1.52. The summed E-state index contributed by atoms with van der Waals surface area (Å²) in [4.78, 5) is 37.6. The van der Waals surface area contributed by atoms with Crippen molar-refractivity contribution in [3.8, 4) is 11.5 Å². The number of unbranched alkanes of at least 4 members (excludes halogenated alkanes) is 2. The van der Waals surface area contributed by atoms with Crippen LogP contribution in [0.25, 0.3) is 0 Å². The molecular weight excluding hydrogens is 388 g/mol. The third-order valence-electron chi connectivity index (χ3n) is 5.68. The first-order chi connectivity index (χ1) is 14.3. The second-order valence-corrected chi connectivity index (χ2v) is 7.56. The molecule has 1 spiro atoms. The minimum Gasteiger partial charge on any atom is -0.507 e. The van der Waals surface area contributed by atoms with Crippen molar-refractivity contribution in [1.29, 1.82) is 0 Å². The Morgan fingerprint density at radius 2 is 1.87 bits per heavy atom. The van der Waals surface area contributed by atoms with Crippen molar-refractivity contribution in [2.24, 2.45) is 0 Å². The third kappa shape index (κ3) is 3.18. The molecule has 7 nitrogen and oxygen atoms in total. The Morgan fingerprint density at radius 1 is 1.13 bits per heavy atom. The molecule has 0 radical (unpaired) electrons. The number of carboxylic acids is 1. The molecule has 1 unspecified atom stereocenters. The SMILES string of the molecule is CCCCCc1c(C(=O)O)c(O)cc2c1C1(C(=O)O2)C(CCC)=CC(=O)C=C1OC. The summed E-state index contributed by atoms with van der Waals surface area (Å²) < 4.78 is 11.0. The number of esters is 1. The van der Waals surface area contributed by atoms with Crippen LogP contribution in [0, 0.1) is 0 Å². The molecule has 2 N–H and O–H groups in total. The van der Waals surface area contributed by atoms with Crippen LogP contribution in [0.15, 0.2) is 29.6 Å². The Morgan fingerprint density at radius 3 is 2.47 bits per heavy atom. The van der Waals surface area contributed by atoms with Gasteiger partial charge in [-0.3, -0.25) is 4.79 Å². The number of carbonyl (C=O) groups is 3. The van der Waals surface area contributed by atoms with Crippen LogP contribution in [0.1, 0.15) is 67.4 Å². The minimum absolute atomic E-state index is 0.105. The smallest absolute Gasteiger partial charge is 0.339 e. The van der Waals surface area contributed by atoms with Crippen LogP contribution in [0.5, 0.6) is 11.5 Å². The maximum absolute atomic E-state index is 13.3. The average Bonchev–Trinajstić information content (AvgIpc) is 2.96. The molecule has 1 heterocycles. The normalized spacial score (nSPS) is 20.0. The van der Waals surface area contributed by atoms with Gasteiger partial charge in [0.05, 0.1) is 7.11 Å². The lowest BCUT2D eigenvalue weighted by molar-refractivity contribution is -0.137. The van der Waals surface area contributed by atoms with E-state index in [9.17, 15) is 24.6 Å². The van der Waals surface area contributed by atoms with E-state index in [1.807, 2.05) is 13.8 Å². The second-order valence-electron chi connectivity index (χ2n) is 7.56. The molecule has 1 aliphatic carbocycles.